The summed E-state index contributed by atoms with van der Waals surface area (Å²) in [5, 5.41) is 7.05. The highest BCUT2D eigenvalue weighted by molar-refractivity contribution is 5.71. The number of carbonyl (C=O) groups excluding carboxylic acids is 1. The van der Waals surface area contributed by atoms with Crippen molar-refractivity contribution in [3.63, 3.8) is 0 Å². The van der Waals surface area contributed by atoms with E-state index in [0.29, 0.717) is 0 Å². The number of nitrogens with one attached hydrogen (secondary N) is 1. The molecule has 0 aromatic carbocycles. The van der Waals surface area contributed by atoms with Gasteiger partial charge >= 0.3 is 5.97 Å². The van der Waals surface area contributed by atoms with Gasteiger partial charge in [-0.05, 0) is 19.0 Å². The number of hydrogen-bond acceptors (Lipinski definition) is 4. The van der Waals surface area contributed by atoms with Gasteiger partial charge in [0, 0.05) is 18.9 Å². The molecule has 0 bridgehead atoms. The van der Waals surface area contributed by atoms with Crippen LogP contribution in [0, 0.1) is 0 Å². The van der Waals surface area contributed by atoms with E-state index < -0.39 is 0 Å². The fourth-order valence-corrected chi connectivity index (χ4v) is 1.06. The molecule has 0 saturated heterocycles. The van der Waals surface area contributed by atoms with Crippen LogP contribution in [0.5, 0.6) is 0 Å². The second-order valence-electron chi connectivity index (χ2n) is 2.88. The summed E-state index contributed by atoms with van der Waals surface area (Å²) in [5.74, 6) is -0.232. The maximum Gasteiger partial charge on any atom is 0.319 e. The second-order valence-corrected chi connectivity index (χ2v) is 2.88. The van der Waals surface area contributed by atoms with E-state index >= 15 is 0 Å². The number of rotatable bonds is 6. The van der Waals surface area contributed by atoms with Gasteiger partial charge in [0.2, 0.25) is 0 Å². The first-order chi connectivity index (χ1) is 6.83. The Morgan fingerprint density at radius 1 is 1.64 bits per heavy atom. The Kier molecular flexibility index (Phi) is 4.71. The Morgan fingerprint density at radius 2 is 2.50 bits per heavy atom. The van der Waals surface area contributed by atoms with Crippen molar-refractivity contribution in [3.05, 3.63) is 18.5 Å². The molecule has 0 spiro atoms. The van der Waals surface area contributed by atoms with Crippen LogP contribution in [0.1, 0.15) is 6.42 Å². The topological polar surface area (TPSA) is 56.1 Å². The van der Waals surface area contributed by atoms with Crippen LogP contribution in [-0.4, -0.2) is 35.9 Å². The number of aromatic nitrogens is 2. The van der Waals surface area contributed by atoms with Gasteiger partial charge in [-0.25, -0.2) is 0 Å². The number of hydrogen-bond donors (Lipinski definition) is 1. The third-order valence-electron chi connectivity index (χ3n) is 1.80. The monoisotopic (exact) mass is 197 g/mol. The van der Waals surface area contributed by atoms with Crippen molar-refractivity contribution in [1.29, 1.82) is 0 Å². The molecule has 14 heavy (non-hydrogen) atoms. The van der Waals surface area contributed by atoms with E-state index in [4.69, 9.17) is 0 Å². The fraction of sp³-hybridized carbons (Fsp3) is 0.556. The van der Waals surface area contributed by atoms with E-state index in [0.717, 1.165) is 19.5 Å². The van der Waals surface area contributed by atoms with Crippen LogP contribution in [-0.2, 0) is 16.1 Å². The highest BCUT2D eigenvalue weighted by Crippen LogP contribution is 1.87. The van der Waals surface area contributed by atoms with Crippen LogP contribution in [0.2, 0.25) is 0 Å². The van der Waals surface area contributed by atoms with Gasteiger partial charge in [-0.2, -0.15) is 5.10 Å². The first-order valence-corrected chi connectivity index (χ1v) is 4.58. The first-order valence-electron chi connectivity index (χ1n) is 4.58. The van der Waals surface area contributed by atoms with E-state index in [9.17, 15) is 4.79 Å². The molecule has 0 saturated carbocycles. The molecule has 1 heterocycles. The molecular weight excluding hydrogens is 182 g/mol. The van der Waals surface area contributed by atoms with Gasteiger partial charge in [0.1, 0.15) is 0 Å². The minimum absolute atomic E-state index is 0.232. The molecule has 0 aliphatic heterocycles. The van der Waals surface area contributed by atoms with Crippen LogP contribution in [0.15, 0.2) is 18.5 Å². The Hall–Kier alpha value is -1.36. The zero-order chi connectivity index (χ0) is 10.2. The lowest BCUT2D eigenvalue weighted by Gasteiger charge is -2.03. The lowest BCUT2D eigenvalue weighted by Crippen LogP contribution is -2.25. The summed E-state index contributed by atoms with van der Waals surface area (Å²) in [7, 11) is 1.38. The number of carbonyl (C=O) groups is 1. The number of methoxy groups -OCH3 is 1. The van der Waals surface area contributed by atoms with Crippen molar-refractivity contribution < 1.29 is 9.53 Å². The summed E-state index contributed by atoms with van der Waals surface area (Å²) in [6.07, 6.45) is 4.61. The number of aryl methyl sites for hydroxylation is 1. The zero-order valence-electron chi connectivity index (χ0n) is 8.27. The van der Waals surface area contributed by atoms with E-state index in [1.807, 2.05) is 16.9 Å². The minimum Gasteiger partial charge on any atom is -0.468 e. The first kappa shape index (κ1) is 10.7. The number of ether oxygens (including phenoxy) is 1. The Morgan fingerprint density at radius 3 is 3.14 bits per heavy atom. The lowest BCUT2D eigenvalue weighted by molar-refractivity contribution is -0.139. The van der Waals surface area contributed by atoms with Gasteiger partial charge in [0.15, 0.2) is 0 Å². The van der Waals surface area contributed by atoms with Crippen molar-refractivity contribution in [3.8, 4) is 0 Å². The molecule has 1 aromatic rings. The molecule has 5 nitrogen and oxygen atoms in total. The van der Waals surface area contributed by atoms with Crippen LogP contribution < -0.4 is 5.32 Å². The standard InChI is InChI=1S/C9H15N3O2/c1-14-9(13)8-10-4-2-6-12-7-3-5-11-12/h3,5,7,10H,2,4,6,8H2,1H3. The highest BCUT2D eigenvalue weighted by Gasteiger charge is 1.97. The maximum atomic E-state index is 10.7. The maximum absolute atomic E-state index is 10.7. The SMILES string of the molecule is COC(=O)CNCCCn1cccn1. The largest absolute Gasteiger partial charge is 0.468 e. The van der Waals surface area contributed by atoms with Gasteiger partial charge in [-0.15, -0.1) is 0 Å². The summed E-state index contributed by atoms with van der Waals surface area (Å²) < 4.78 is 6.34. The van der Waals surface area contributed by atoms with Crippen molar-refractivity contribution >= 4 is 5.97 Å². The summed E-state index contributed by atoms with van der Waals surface area (Å²) >= 11 is 0. The third kappa shape index (κ3) is 4.04. The minimum atomic E-state index is -0.232. The lowest BCUT2D eigenvalue weighted by atomic mass is 10.4. The average Bonchev–Trinajstić information content (AvgIpc) is 2.69. The molecule has 78 valence electrons. The third-order valence-corrected chi connectivity index (χ3v) is 1.80. The van der Waals surface area contributed by atoms with Crippen LogP contribution >= 0.6 is 0 Å². The van der Waals surface area contributed by atoms with Crippen molar-refractivity contribution in [2.45, 2.75) is 13.0 Å². The number of esters is 1. The second kappa shape index (κ2) is 6.15. The molecule has 0 fully saturated rings. The molecule has 1 rings (SSSR count). The molecular formula is C9H15N3O2. The molecule has 0 atom stereocenters. The van der Waals surface area contributed by atoms with Crippen LogP contribution in [0.4, 0.5) is 0 Å². The molecule has 1 aromatic heterocycles. The van der Waals surface area contributed by atoms with E-state index in [1.54, 1.807) is 6.20 Å². The molecule has 0 radical (unpaired) electrons. The molecule has 1 N–H and O–H groups in total. The summed E-state index contributed by atoms with van der Waals surface area (Å²) in [5.41, 5.74) is 0. The summed E-state index contributed by atoms with van der Waals surface area (Å²) in [6.45, 7) is 1.92. The van der Waals surface area contributed by atoms with Crippen molar-refractivity contribution in [1.82, 2.24) is 15.1 Å². The van der Waals surface area contributed by atoms with E-state index in [-0.39, 0.29) is 12.5 Å². The normalized spacial score (nSPS) is 10.1. The number of nitrogens with zero attached hydrogens (tertiary/aromatic N) is 2. The highest BCUT2D eigenvalue weighted by atomic mass is 16.5. The smallest absolute Gasteiger partial charge is 0.319 e. The van der Waals surface area contributed by atoms with E-state index in [1.165, 1.54) is 7.11 Å². The predicted molar refractivity (Wildman–Crippen MR) is 51.7 cm³/mol. The fourth-order valence-electron chi connectivity index (χ4n) is 1.06. The van der Waals surface area contributed by atoms with Gasteiger partial charge in [-0.3, -0.25) is 9.48 Å². The molecule has 0 aliphatic rings. The zero-order valence-corrected chi connectivity index (χ0v) is 8.27. The quantitative estimate of drug-likeness (QED) is 0.516. The van der Waals surface area contributed by atoms with Crippen molar-refractivity contribution in [2.75, 3.05) is 20.2 Å². The molecule has 0 amide bonds. The summed E-state index contributed by atoms with van der Waals surface area (Å²) in [4.78, 5) is 10.7. The van der Waals surface area contributed by atoms with Gasteiger partial charge in [0.05, 0.1) is 13.7 Å². The van der Waals surface area contributed by atoms with Gasteiger partial charge < -0.3 is 10.1 Å². The van der Waals surface area contributed by atoms with Gasteiger partial charge in [0.25, 0.3) is 0 Å². The molecule has 0 unspecified atom stereocenters. The van der Waals surface area contributed by atoms with Crippen molar-refractivity contribution in [2.24, 2.45) is 0 Å². The van der Waals surface area contributed by atoms with E-state index in [2.05, 4.69) is 15.2 Å². The molecule has 5 heteroatoms. The predicted octanol–water partition coefficient (Wildman–Crippen LogP) is 0.0358. The van der Waals surface area contributed by atoms with Gasteiger partial charge in [-0.1, -0.05) is 0 Å². The Balaban J connectivity index is 1.97. The molecule has 0 aliphatic carbocycles. The summed E-state index contributed by atoms with van der Waals surface area (Å²) in [6, 6.07) is 1.89. The van der Waals surface area contributed by atoms with Crippen LogP contribution in [0.3, 0.4) is 0 Å². The van der Waals surface area contributed by atoms with Crippen LogP contribution in [0.25, 0.3) is 0 Å². The Labute approximate surface area is 83.1 Å². The Bertz CT molecular complexity index is 259. The average molecular weight is 197 g/mol.